The van der Waals surface area contributed by atoms with Gasteiger partial charge in [-0.3, -0.25) is 4.79 Å². The molecule has 0 radical (unpaired) electrons. The van der Waals surface area contributed by atoms with Crippen LogP contribution >= 0.6 is 0 Å². The maximum atomic E-state index is 13.1. The van der Waals surface area contributed by atoms with E-state index in [1.807, 2.05) is 42.5 Å². The Bertz CT molecular complexity index is 1200. The predicted molar refractivity (Wildman–Crippen MR) is 132 cm³/mol. The number of carbonyl (C=O) groups is 2. The van der Waals surface area contributed by atoms with Crippen LogP contribution in [-0.4, -0.2) is 37.5 Å². The number of fused-ring (bicyclic) bond motifs is 1. The predicted octanol–water partition coefficient (Wildman–Crippen LogP) is 4.86. The zero-order valence-corrected chi connectivity index (χ0v) is 19.0. The van der Waals surface area contributed by atoms with Crippen LogP contribution in [0.5, 0.6) is 0 Å². The molecule has 0 fully saturated rings. The van der Waals surface area contributed by atoms with Crippen molar-refractivity contribution in [3.63, 3.8) is 0 Å². The molecule has 1 aliphatic rings. The summed E-state index contributed by atoms with van der Waals surface area (Å²) in [4.78, 5) is 27.2. The van der Waals surface area contributed by atoms with Gasteiger partial charge in [0.1, 0.15) is 0 Å². The Balaban J connectivity index is 1.75. The molecule has 3 aromatic rings. The first kappa shape index (κ1) is 22.3. The topological polar surface area (TPSA) is 70.7 Å². The zero-order valence-electron chi connectivity index (χ0n) is 19.0. The van der Waals surface area contributed by atoms with E-state index >= 15 is 0 Å². The molecule has 0 aromatic heterocycles. The van der Waals surface area contributed by atoms with Crippen LogP contribution in [0.3, 0.4) is 0 Å². The average molecular weight is 442 g/mol. The van der Waals surface area contributed by atoms with Crippen LogP contribution in [-0.2, 0) is 16.1 Å². The first-order valence-corrected chi connectivity index (χ1v) is 10.9. The molecule has 2 N–H and O–H groups in total. The third-order valence-electron chi connectivity index (χ3n) is 5.71. The summed E-state index contributed by atoms with van der Waals surface area (Å²) in [5, 5.41) is 6.36. The molecule has 33 heavy (non-hydrogen) atoms. The maximum absolute atomic E-state index is 13.1. The largest absolute Gasteiger partial charge is 0.465 e. The molecular formula is C27H27N3O3. The highest BCUT2D eigenvalue weighted by molar-refractivity contribution is 6.37. The molecule has 0 atom stereocenters. The number of anilines is 2. The van der Waals surface area contributed by atoms with E-state index in [4.69, 9.17) is 4.74 Å². The van der Waals surface area contributed by atoms with Crippen LogP contribution in [0, 0.1) is 0 Å². The number of hydrogen-bond donors (Lipinski definition) is 2. The third-order valence-corrected chi connectivity index (χ3v) is 5.71. The zero-order chi connectivity index (χ0) is 23.4. The van der Waals surface area contributed by atoms with Crippen LogP contribution in [0.15, 0.2) is 72.8 Å². The summed E-state index contributed by atoms with van der Waals surface area (Å²) in [5.41, 5.74) is 5.95. The Kier molecular flexibility index (Phi) is 6.56. The van der Waals surface area contributed by atoms with Crippen molar-refractivity contribution in [2.45, 2.75) is 13.5 Å². The SMILES string of the molecule is CCN(C)Cc1ccc(N/C(=C2\C(=O)Nc3cc(C(=O)OC)ccc32)c2ccccc2)cc1. The summed E-state index contributed by atoms with van der Waals surface area (Å²) in [5.74, 6) is -0.667. The van der Waals surface area contributed by atoms with Crippen LogP contribution < -0.4 is 10.6 Å². The monoisotopic (exact) mass is 441 g/mol. The summed E-state index contributed by atoms with van der Waals surface area (Å²) in [6.07, 6.45) is 0. The van der Waals surface area contributed by atoms with E-state index in [2.05, 4.69) is 41.6 Å². The van der Waals surface area contributed by atoms with Gasteiger partial charge in [0, 0.05) is 17.8 Å². The van der Waals surface area contributed by atoms with Crippen LogP contribution in [0.25, 0.3) is 11.3 Å². The van der Waals surface area contributed by atoms with Crippen molar-refractivity contribution in [2.24, 2.45) is 0 Å². The molecule has 3 aromatic carbocycles. The lowest BCUT2D eigenvalue weighted by Gasteiger charge is -2.16. The normalized spacial score (nSPS) is 14.0. The lowest BCUT2D eigenvalue weighted by molar-refractivity contribution is -0.110. The smallest absolute Gasteiger partial charge is 0.337 e. The van der Waals surface area contributed by atoms with Crippen LogP contribution in [0.2, 0.25) is 0 Å². The second-order valence-electron chi connectivity index (χ2n) is 7.97. The Hall–Kier alpha value is -3.90. The number of hydrogen-bond acceptors (Lipinski definition) is 5. The van der Waals surface area contributed by atoms with Crippen molar-refractivity contribution in [1.82, 2.24) is 4.90 Å². The minimum absolute atomic E-state index is 0.223. The summed E-state index contributed by atoms with van der Waals surface area (Å²) in [6.45, 7) is 3.99. The molecule has 1 amide bonds. The number of nitrogens with zero attached hydrogens (tertiary/aromatic N) is 1. The molecule has 1 aliphatic heterocycles. The van der Waals surface area contributed by atoms with Gasteiger partial charge in [0.25, 0.3) is 5.91 Å². The number of rotatable bonds is 7. The molecule has 0 saturated heterocycles. The Labute approximate surface area is 193 Å². The second kappa shape index (κ2) is 9.71. The molecule has 0 spiro atoms. The number of benzene rings is 3. The highest BCUT2D eigenvalue weighted by Gasteiger charge is 2.29. The molecule has 168 valence electrons. The van der Waals surface area contributed by atoms with E-state index in [0.717, 1.165) is 29.9 Å². The van der Waals surface area contributed by atoms with Gasteiger partial charge in [0.05, 0.1) is 29.6 Å². The van der Waals surface area contributed by atoms with Crippen molar-refractivity contribution < 1.29 is 14.3 Å². The minimum Gasteiger partial charge on any atom is -0.465 e. The Morgan fingerprint density at radius 1 is 1.00 bits per heavy atom. The van der Waals surface area contributed by atoms with Gasteiger partial charge >= 0.3 is 5.97 Å². The van der Waals surface area contributed by atoms with E-state index in [9.17, 15) is 9.59 Å². The molecule has 6 nitrogen and oxygen atoms in total. The first-order chi connectivity index (χ1) is 16.0. The lowest BCUT2D eigenvalue weighted by Crippen LogP contribution is -2.16. The molecular weight excluding hydrogens is 414 g/mol. The van der Waals surface area contributed by atoms with Crippen molar-refractivity contribution in [1.29, 1.82) is 0 Å². The van der Waals surface area contributed by atoms with E-state index in [-0.39, 0.29) is 5.91 Å². The van der Waals surface area contributed by atoms with Crippen molar-refractivity contribution in [3.8, 4) is 0 Å². The number of ether oxygens (including phenoxy) is 1. The standard InChI is InChI=1S/C27H27N3O3/c1-4-30(2)17-18-10-13-21(14-11-18)28-25(19-8-6-5-7-9-19)24-22-15-12-20(27(32)33-3)16-23(22)29-26(24)31/h5-16,28H,4,17H2,1-3H3,(H,29,31)/b25-24-. The van der Waals surface area contributed by atoms with Gasteiger partial charge in [-0.05, 0) is 49.0 Å². The fraction of sp³-hybridized carbons (Fsp3) is 0.185. The van der Waals surface area contributed by atoms with Gasteiger partial charge < -0.3 is 20.3 Å². The summed E-state index contributed by atoms with van der Waals surface area (Å²) < 4.78 is 4.81. The van der Waals surface area contributed by atoms with Gasteiger partial charge in [-0.2, -0.15) is 0 Å². The first-order valence-electron chi connectivity index (χ1n) is 10.9. The molecule has 0 unspecified atom stereocenters. The number of esters is 1. The average Bonchev–Trinajstić information content (AvgIpc) is 3.18. The number of nitrogens with one attached hydrogen (secondary N) is 2. The summed E-state index contributed by atoms with van der Waals surface area (Å²) in [7, 11) is 3.42. The van der Waals surface area contributed by atoms with Gasteiger partial charge in [0.15, 0.2) is 0 Å². The minimum atomic E-state index is -0.445. The quantitative estimate of drug-likeness (QED) is 0.405. The van der Waals surface area contributed by atoms with Crippen molar-refractivity contribution in [2.75, 3.05) is 31.3 Å². The molecule has 0 aliphatic carbocycles. The second-order valence-corrected chi connectivity index (χ2v) is 7.97. The van der Waals surface area contributed by atoms with E-state index in [1.165, 1.54) is 12.7 Å². The molecule has 4 rings (SSSR count). The number of methoxy groups -OCH3 is 1. The maximum Gasteiger partial charge on any atom is 0.337 e. The number of amides is 1. The van der Waals surface area contributed by atoms with Gasteiger partial charge in [-0.15, -0.1) is 0 Å². The van der Waals surface area contributed by atoms with E-state index in [1.54, 1.807) is 18.2 Å². The lowest BCUT2D eigenvalue weighted by atomic mass is 9.99. The summed E-state index contributed by atoms with van der Waals surface area (Å²) >= 11 is 0. The fourth-order valence-corrected chi connectivity index (χ4v) is 3.81. The Morgan fingerprint density at radius 3 is 2.39 bits per heavy atom. The van der Waals surface area contributed by atoms with Crippen molar-refractivity contribution >= 4 is 34.5 Å². The highest BCUT2D eigenvalue weighted by Crippen LogP contribution is 2.38. The summed E-state index contributed by atoms with van der Waals surface area (Å²) in [6, 6.07) is 23.1. The van der Waals surface area contributed by atoms with Crippen molar-refractivity contribution in [3.05, 3.63) is 95.1 Å². The van der Waals surface area contributed by atoms with Gasteiger partial charge in [-0.1, -0.05) is 55.5 Å². The molecule has 0 saturated carbocycles. The van der Waals surface area contributed by atoms with Crippen LogP contribution in [0.4, 0.5) is 11.4 Å². The molecule has 0 bridgehead atoms. The van der Waals surface area contributed by atoms with Gasteiger partial charge in [0.2, 0.25) is 0 Å². The van der Waals surface area contributed by atoms with Gasteiger partial charge in [-0.25, -0.2) is 4.79 Å². The van der Waals surface area contributed by atoms with E-state index < -0.39 is 5.97 Å². The van der Waals surface area contributed by atoms with Crippen LogP contribution in [0.1, 0.15) is 34.0 Å². The Morgan fingerprint density at radius 2 is 1.73 bits per heavy atom. The third kappa shape index (κ3) is 4.81. The highest BCUT2D eigenvalue weighted by atomic mass is 16.5. The molecule has 6 heteroatoms. The van der Waals surface area contributed by atoms with E-state index in [0.29, 0.717) is 22.5 Å². The number of carbonyl (C=O) groups excluding carboxylic acids is 2. The fourth-order valence-electron chi connectivity index (χ4n) is 3.81. The molecule has 1 heterocycles.